The summed E-state index contributed by atoms with van der Waals surface area (Å²) in [5.74, 6) is 0. The molecule has 0 aliphatic heterocycles. The molecule has 1 aromatic heterocycles. The monoisotopic (exact) mass is 213 g/mol. The minimum Gasteiger partial charge on any atom is -0.325 e. The lowest BCUT2D eigenvalue weighted by Crippen LogP contribution is -2.00. The Kier molecular flexibility index (Phi) is 2.26. The Labute approximate surface area is 94.9 Å². The lowest BCUT2D eigenvalue weighted by Gasteiger charge is -2.04. The third kappa shape index (κ3) is 1.53. The largest absolute Gasteiger partial charge is 0.325 e. The molecule has 0 amide bonds. The van der Waals surface area contributed by atoms with Crippen LogP contribution in [0.5, 0.6) is 0 Å². The second-order valence-electron chi connectivity index (χ2n) is 4.26. The Balaban J connectivity index is 2.00. The smallest absolute Gasteiger partial charge is 0.0764 e. The van der Waals surface area contributed by atoms with Gasteiger partial charge in [-0.2, -0.15) is 5.10 Å². The lowest BCUT2D eigenvalue weighted by atomic mass is 10.1. The average Bonchev–Trinajstić information content (AvgIpc) is 2.96. The second kappa shape index (κ2) is 3.76. The molecule has 0 unspecified atom stereocenters. The number of aromatic nitrogens is 2. The van der Waals surface area contributed by atoms with Crippen molar-refractivity contribution in [3.63, 3.8) is 0 Å². The Bertz CT molecular complexity index is 514. The summed E-state index contributed by atoms with van der Waals surface area (Å²) in [4.78, 5) is 0. The van der Waals surface area contributed by atoms with Gasteiger partial charge in [0.2, 0.25) is 0 Å². The van der Waals surface area contributed by atoms with Gasteiger partial charge in [0.15, 0.2) is 0 Å². The van der Waals surface area contributed by atoms with Crippen LogP contribution in [0.25, 0.3) is 5.69 Å². The Morgan fingerprint density at radius 3 is 2.88 bits per heavy atom. The van der Waals surface area contributed by atoms with Crippen LogP contribution in [-0.4, -0.2) is 9.78 Å². The van der Waals surface area contributed by atoms with E-state index in [2.05, 4.69) is 23.3 Å². The molecule has 0 saturated heterocycles. The zero-order chi connectivity index (χ0) is 11.0. The first-order valence-corrected chi connectivity index (χ1v) is 5.73. The molecule has 0 radical (unpaired) electrons. The van der Waals surface area contributed by atoms with Gasteiger partial charge in [-0.05, 0) is 48.6 Å². The summed E-state index contributed by atoms with van der Waals surface area (Å²) in [6, 6.07) is 8.57. The molecule has 1 aliphatic carbocycles. The van der Waals surface area contributed by atoms with Gasteiger partial charge in [-0.25, -0.2) is 4.68 Å². The van der Waals surface area contributed by atoms with Crippen LogP contribution in [0.4, 0.5) is 0 Å². The van der Waals surface area contributed by atoms with Crippen molar-refractivity contribution in [2.75, 3.05) is 0 Å². The van der Waals surface area contributed by atoms with Crippen LogP contribution < -0.4 is 5.73 Å². The van der Waals surface area contributed by atoms with Crippen LogP contribution in [0.2, 0.25) is 0 Å². The van der Waals surface area contributed by atoms with E-state index in [4.69, 9.17) is 5.73 Å². The van der Waals surface area contributed by atoms with E-state index in [1.807, 2.05) is 16.9 Å². The van der Waals surface area contributed by atoms with Gasteiger partial charge in [0, 0.05) is 12.7 Å². The van der Waals surface area contributed by atoms with Crippen LogP contribution in [0.1, 0.15) is 23.2 Å². The van der Waals surface area contributed by atoms with E-state index in [0.717, 1.165) is 11.4 Å². The molecule has 3 heteroatoms. The number of aryl methyl sites for hydroxylation is 2. The van der Waals surface area contributed by atoms with E-state index in [0.29, 0.717) is 6.54 Å². The van der Waals surface area contributed by atoms with Crippen LogP contribution in [-0.2, 0) is 19.4 Å². The summed E-state index contributed by atoms with van der Waals surface area (Å²) < 4.78 is 1.90. The molecule has 0 bridgehead atoms. The number of benzene rings is 1. The highest BCUT2D eigenvalue weighted by molar-refractivity contribution is 5.42. The molecule has 1 heterocycles. The molecule has 82 valence electrons. The Hall–Kier alpha value is -1.61. The topological polar surface area (TPSA) is 43.8 Å². The highest BCUT2D eigenvalue weighted by Gasteiger charge is 2.11. The van der Waals surface area contributed by atoms with Gasteiger partial charge in [0.1, 0.15) is 0 Å². The van der Waals surface area contributed by atoms with Gasteiger partial charge in [-0.3, -0.25) is 0 Å². The van der Waals surface area contributed by atoms with Gasteiger partial charge in [0.05, 0.1) is 11.4 Å². The molecule has 0 fully saturated rings. The molecule has 1 aromatic carbocycles. The molecular formula is C13H15N3. The van der Waals surface area contributed by atoms with Crippen molar-refractivity contribution in [3.05, 3.63) is 47.3 Å². The second-order valence-corrected chi connectivity index (χ2v) is 4.26. The van der Waals surface area contributed by atoms with E-state index in [9.17, 15) is 0 Å². The van der Waals surface area contributed by atoms with Gasteiger partial charge in [0.25, 0.3) is 0 Å². The number of nitrogens with zero attached hydrogens (tertiary/aromatic N) is 2. The summed E-state index contributed by atoms with van der Waals surface area (Å²) in [5, 5.41) is 4.42. The van der Waals surface area contributed by atoms with Gasteiger partial charge >= 0.3 is 0 Å². The quantitative estimate of drug-likeness (QED) is 0.827. The third-order valence-corrected chi connectivity index (χ3v) is 3.20. The average molecular weight is 213 g/mol. The van der Waals surface area contributed by atoms with Crippen molar-refractivity contribution >= 4 is 0 Å². The first-order valence-electron chi connectivity index (χ1n) is 5.73. The predicted octanol–water partition coefficient (Wildman–Crippen LogP) is 1.82. The highest BCUT2D eigenvalue weighted by Crippen LogP contribution is 2.24. The van der Waals surface area contributed by atoms with Crippen LogP contribution >= 0.6 is 0 Å². The van der Waals surface area contributed by atoms with Crippen molar-refractivity contribution in [1.29, 1.82) is 0 Å². The van der Waals surface area contributed by atoms with E-state index >= 15 is 0 Å². The van der Waals surface area contributed by atoms with Crippen molar-refractivity contribution in [3.8, 4) is 5.69 Å². The molecule has 2 N–H and O–H groups in total. The number of rotatable bonds is 2. The summed E-state index contributed by atoms with van der Waals surface area (Å²) in [6.45, 7) is 0.498. The van der Waals surface area contributed by atoms with Gasteiger partial charge in [-0.1, -0.05) is 6.07 Å². The lowest BCUT2D eigenvalue weighted by molar-refractivity contribution is 0.832. The number of nitrogens with two attached hydrogens (primary N) is 1. The number of fused-ring (bicyclic) bond motifs is 1. The van der Waals surface area contributed by atoms with E-state index in [-0.39, 0.29) is 0 Å². The van der Waals surface area contributed by atoms with Gasteiger partial charge in [-0.15, -0.1) is 0 Å². The van der Waals surface area contributed by atoms with Crippen molar-refractivity contribution in [2.45, 2.75) is 25.8 Å². The maximum Gasteiger partial charge on any atom is 0.0764 e. The molecule has 3 rings (SSSR count). The number of hydrogen-bond acceptors (Lipinski definition) is 2. The molecule has 0 spiro atoms. The fourth-order valence-electron chi connectivity index (χ4n) is 2.32. The molecule has 0 saturated carbocycles. The molecule has 2 aromatic rings. The summed E-state index contributed by atoms with van der Waals surface area (Å²) in [5.41, 5.74) is 10.6. The highest BCUT2D eigenvalue weighted by atomic mass is 15.3. The zero-order valence-electron chi connectivity index (χ0n) is 9.19. The maximum atomic E-state index is 5.56. The fourth-order valence-corrected chi connectivity index (χ4v) is 2.32. The molecular weight excluding hydrogens is 198 g/mol. The molecule has 0 atom stereocenters. The Morgan fingerprint density at radius 1 is 1.19 bits per heavy atom. The third-order valence-electron chi connectivity index (χ3n) is 3.20. The molecule has 16 heavy (non-hydrogen) atoms. The molecule has 1 aliphatic rings. The normalized spacial score (nSPS) is 14.1. The van der Waals surface area contributed by atoms with Crippen molar-refractivity contribution in [2.24, 2.45) is 5.73 Å². The zero-order valence-corrected chi connectivity index (χ0v) is 9.19. The maximum absolute atomic E-state index is 5.56. The minimum absolute atomic E-state index is 0.498. The van der Waals surface area contributed by atoms with Crippen molar-refractivity contribution in [1.82, 2.24) is 9.78 Å². The first-order chi connectivity index (χ1) is 7.86. The van der Waals surface area contributed by atoms with E-state index in [1.54, 1.807) is 0 Å². The number of hydrogen-bond donors (Lipinski definition) is 1. The minimum atomic E-state index is 0.498. The van der Waals surface area contributed by atoms with Crippen LogP contribution in [0.15, 0.2) is 30.5 Å². The Morgan fingerprint density at radius 2 is 2.06 bits per heavy atom. The van der Waals surface area contributed by atoms with Crippen LogP contribution in [0.3, 0.4) is 0 Å². The first kappa shape index (κ1) is 9.60. The summed E-state index contributed by atoms with van der Waals surface area (Å²) in [7, 11) is 0. The fraction of sp³-hybridized carbons (Fsp3) is 0.308. The van der Waals surface area contributed by atoms with E-state index < -0.39 is 0 Å². The van der Waals surface area contributed by atoms with Crippen LogP contribution in [0, 0.1) is 0 Å². The predicted molar refractivity (Wildman–Crippen MR) is 63.5 cm³/mol. The standard InChI is InChI=1S/C13H15N3/c14-9-12-6-7-16(15-12)13-5-4-10-2-1-3-11(10)8-13/h4-8H,1-3,9,14H2. The van der Waals surface area contributed by atoms with Crippen molar-refractivity contribution < 1.29 is 0 Å². The SMILES string of the molecule is NCc1ccn(-c2ccc3c(c2)CCC3)n1. The summed E-state index contributed by atoms with van der Waals surface area (Å²) in [6.07, 6.45) is 5.68. The van der Waals surface area contributed by atoms with Gasteiger partial charge < -0.3 is 5.73 Å². The molecule has 3 nitrogen and oxygen atoms in total. The van der Waals surface area contributed by atoms with E-state index in [1.165, 1.54) is 30.4 Å². The summed E-state index contributed by atoms with van der Waals surface area (Å²) >= 11 is 0.